The minimum absolute atomic E-state index is 0.350. The van der Waals surface area contributed by atoms with Gasteiger partial charge in [-0.2, -0.15) is 0 Å². The second-order valence-electron chi connectivity index (χ2n) is 7.30. The van der Waals surface area contributed by atoms with Crippen LogP contribution in [0.4, 0.5) is 0 Å². The molecule has 3 heteroatoms. The fourth-order valence-corrected chi connectivity index (χ4v) is 6.89. The third-order valence-electron chi connectivity index (χ3n) is 5.38. The molecule has 0 bridgehead atoms. The summed E-state index contributed by atoms with van der Waals surface area (Å²) in [5, 5.41) is 23.8. The molecule has 0 saturated heterocycles. The maximum Gasteiger partial charge on any atom is 0.125 e. The van der Waals surface area contributed by atoms with Crippen molar-refractivity contribution < 1.29 is 10.2 Å². The van der Waals surface area contributed by atoms with Crippen LogP contribution in [0, 0.1) is 0 Å². The molecule has 0 radical (unpaired) electrons. The van der Waals surface area contributed by atoms with Crippen LogP contribution in [0.2, 0.25) is 0 Å². The summed E-state index contributed by atoms with van der Waals surface area (Å²) in [6.07, 6.45) is 0. The number of aliphatic hydroxyl groups excluding tert-OH is 1. The van der Waals surface area contributed by atoms with Crippen LogP contribution in [-0.4, -0.2) is 22.2 Å². The number of benzene rings is 4. The Balaban J connectivity index is 1.95. The molecule has 2 N–H and O–H groups in total. The van der Waals surface area contributed by atoms with E-state index in [0.29, 0.717) is 0 Å². The molecule has 0 aliphatic rings. The Bertz CT molecular complexity index is 875. The van der Waals surface area contributed by atoms with Crippen LogP contribution in [-0.2, 0) is 0 Å². The van der Waals surface area contributed by atoms with E-state index in [1.54, 1.807) is 0 Å². The van der Waals surface area contributed by atoms with Gasteiger partial charge in [0, 0.05) is 5.92 Å². The zero-order valence-electron chi connectivity index (χ0n) is 16.7. The number of hydrogen-bond acceptors (Lipinski definition) is 2. The number of rotatable bonds is 7. The Labute approximate surface area is 179 Å². The van der Waals surface area contributed by atoms with Crippen LogP contribution in [0.3, 0.4) is 0 Å². The second kappa shape index (κ2) is 9.36. The van der Waals surface area contributed by atoms with Crippen LogP contribution < -0.4 is 10.6 Å². The molecule has 4 rings (SSSR count). The normalized spacial score (nSPS) is 13.3. The van der Waals surface area contributed by atoms with Crippen molar-refractivity contribution >= 4 is 18.5 Å². The fraction of sp³-hybridized carbons (Fsp3) is 0.111. The van der Waals surface area contributed by atoms with Gasteiger partial charge in [-0.05, 0) is 29.7 Å². The molecule has 1 unspecified atom stereocenters. The van der Waals surface area contributed by atoms with Gasteiger partial charge in [-0.3, -0.25) is 0 Å². The van der Waals surface area contributed by atoms with Gasteiger partial charge in [0.1, 0.15) is 5.34 Å². The first-order chi connectivity index (χ1) is 14.7. The Hall–Kier alpha value is -2.77. The van der Waals surface area contributed by atoms with Gasteiger partial charge in [-0.1, -0.05) is 121 Å². The summed E-state index contributed by atoms with van der Waals surface area (Å²) < 4.78 is 0. The molecule has 0 aromatic heterocycles. The highest BCUT2D eigenvalue weighted by molar-refractivity contribution is 7.74. The minimum atomic E-state index is -1.39. The van der Waals surface area contributed by atoms with Crippen LogP contribution >= 0.6 is 7.92 Å². The monoisotopic (exact) mass is 412 g/mol. The Morgan fingerprint density at radius 2 is 0.900 bits per heavy atom. The smallest absolute Gasteiger partial charge is 0.125 e. The van der Waals surface area contributed by atoms with Crippen LogP contribution in [0.1, 0.15) is 17.0 Å². The SMILES string of the molecule is OCC(O)(C(c1ccccc1)c1ccccc1)P(c1ccccc1)c1ccccc1. The second-order valence-corrected chi connectivity index (χ2v) is 9.78. The van der Waals surface area contributed by atoms with E-state index >= 15 is 0 Å². The molecular weight excluding hydrogens is 387 g/mol. The lowest BCUT2D eigenvalue weighted by Crippen LogP contribution is -2.44. The van der Waals surface area contributed by atoms with Crippen molar-refractivity contribution in [3.05, 3.63) is 132 Å². The number of aliphatic hydroxyl groups is 2. The van der Waals surface area contributed by atoms with Gasteiger partial charge in [0.05, 0.1) is 6.61 Å². The molecule has 0 saturated carbocycles. The molecular formula is C27H25O2P. The minimum Gasteiger partial charge on any atom is -0.393 e. The number of hydrogen-bond donors (Lipinski definition) is 2. The van der Waals surface area contributed by atoms with Gasteiger partial charge in [0.2, 0.25) is 0 Å². The van der Waals surface area contributed by atoms with E-state index in [0.717, 1.165) is 21.7 Å². The van der Waals surface area contributed by atoms with E-state index in [1.807, 2.05) is 121 Å². The van der Waals surface area contributed by atoms with Gasteiger partial charge in [-0.15, -0.1) is 0 Å². The molecule has 0 aliphatic heterocycles. The molecule has 0 aliphatic carbocycles. The lowest BCUT2D eigenvalue weighted by atomic mass is 9.86. The lowest BCUT2D eigenvalue weighted by molar-refractivity contribution is 0.0477. The Morgan fingerprint density at radius 1 is 0.567 bits per heavy atom. The van der Waals surface area contributed by atoms with E-state index in [1.165, 1.54) is 0 Å². The molecule has 2 nitrogen and oxygen atoms in total. The first-order valence-electron chi connectivity index (χ1n) is 10.1. The third-order valence-corrected chi connectivity index (χ3v) is 8.18. The summed E-state index contributed by atoms with van der Waals surface area (Å²) in [4.78, 5) is 0. The van der Waals surface area contributed by atoms with E-state index in [9.17, 15) is 10.2 Å². The summed E-state index contributed by atoms with van der Waals surface area (Å²) in [7, 11) is -1.28. The molecule has 0 fully saturated rings. The highest BCUT2D eigenvalue weighted by Crippen LogP contribution is 2.55. The van der Waals surface area contributed by atoms with Crippen molar-refractivity contribution in [2.24, 2.45) is 0 Å². The lowest BCUT2D eigenvalue weighted by Gasteiger charge is -2.42. The molecule has 0 amide bonds. The summed E-state index contributed by atoms with van der Waals surface area (Å²) in [5.74, 6) is -0.378. The van der Waals surface area contributed by atoms with Crippen LogP contribution in [0.5, 0.6) is 0 Å². The van der Waals surface area contributed by atoms with Crippen molar-refractivity contribution in [3.8, 4) is 0 Å². The van der Waals surface area contributed by atoms with Gasteiger partial charge >= 0.3 is 0 Å². The fourth-order valence-electron chi connectivity index (χ4n) is 4.06. The average molecular weight is 412 g/mol. The van der Waals surface area contributed by atoms with Crippen molar-refractivity contribution in [2.45, 2.75) is 11.3 Å². The topological polar surface area (TPSA) is 40.5 Å². The molecule has 1 atom stereocenters. The quantitative estimate of drug-likeness (QED) is 0.435. The van der Waals surface area contributed by atoms with E-state index in [-0.39, 0.29) is 12.5 Å². The van der Waals surface area contributed by atoms with E-state index in [4.69, 9.17) is 0 Å². The summed E-state index contributed by atoms with van der Waals surface area (Å²) >= 11 is 0. The summed E-state index contributed by atoms with van der Waals surface area (Å²) in [6.45, 7) is -0.350. The zero-order chi connectivity index (χ0) is 20.8. The molecule has 0 spiro atoms. The molecule has 0 heterocycles. The summed E-state index contributed by atoms with van der Waals surface area (Å²) in [6, 6.07) is 40.1. The van der Waals surface area contributed by atoms with Crippen LogP contribution in [0.25, 0.3) is 0 Å². The van der Waals surface area contributed by atoms with E-state index < -0.39 is 13.3 Å². The highest BCUT2D eigenvalue weighted by atomic mass is 31.1. The maximum atomic E-state index is 12.3. The highest BCUT2D eigenvalue weighted by Gasteiger charge is 2.46. The van der Waals surface area contributed by atoms with Crippen molar-refractivity contribution in [1.82, 2.24) is 0 Å². The average Bonchev–Trinajstić information content (AvgIpc) is 2.82. The van der Waals surface area contributed by atoms with Crippen molar-refractivity contribution in [3.63, 3.8) is 0 Å². The van der Waals surface area contributed by atoms with Crippen LogP contribution in [0.15, 0.2) is 121 Å². The molecule has 4 aromatic carbocycles. The molecule has 150 valence electrons. The predicted octanol–water partition coefficient (Wildman–Crippen LogP) is 4.63. The maximum absolute atomic E-state index is 12.3. The van der Waals surface area contributed by atoms with Gasteiger partial charge in [0.25, 0.3) is 0 Å². The molecule has 30 heavy (non-hydrogen) atoms. The largest absolute Gasteiger partial charge is 0.393 e. The Kier molecular flexibility index (Phi) is 6.40. The summed E-state index contributed by atoms with van der Waals surface area (Å²) in [5.41, 5.74) is 1.97. The third kappa shape index (κ3) is 4.08. The van der Waals surface area contributed by atoms with Gasteiger partial charge < -0.3 is 10.2 Å². The predicted molar refractivity (Wildman–Crippen MR) is 126 cm³/mol. The van der Waals surface area contributed by atoms with Gasteiger partial charge in [0.15, 0.2) is 0 Å². The molecule has 4 aromatic rings. The van der Waals surface area contributed by atoms with Gasteiger partial charge in [-0.25, -0.2) is 0 Å². The first kappa shape index (κ1) is 20.5. The van der Waals surface area contributed by atoms with Crippen molar-refractivity contribution in [1.29, 1.82) is 0 Å². The van der Waals surface area contributed by atoms with Crippen molar-refractivity contribution in [2.75, 3.05) is 6.61 Å². The Morgan fingerprint density at radius 3 is 1.23 bits per heavy atom. The van der Waals surface area contributed by atoms with E-state index in [2.05, 4.69) is 0 Å². The standard InChI is InChI=1S/C27H25O2P/c28-21-27(29,26(22-13-5-1-6-14-22)23-15-7-2-8-16-23)30(24-17-9-3-10-18-24)25-19-11-4-12-20-25/h1-20,26,28-29H,21H2. The first-order valence-corrected chi connectivity index (χ1v) is 11.4. The zero-order valence-corrected chi connectivity index (χ0v) is 17.6.